The molecule has 0 fully saturated rings. The predicted molar refractivity (Wildman–Crippen MR) is 116 cm³/mol. The number of benzene rings is 2. The lowest BCUT2D eigenvalue weighted by molar-refractivity contribution is 0.419. The van der Waals surface area contributed by atoms with Crippen LogP contribution in [-0.4, -0.2) is 23.8 Å². The summed E-state index contributed by atoms with van der Waals surface area (Å²) in [4.78, 5) is 4.43. The first-order valence-corrected chi connectivity index (χ1v) is 9.62. The van der Waals surface area contributed by atoms with Crippen LogP contribution in [0, 0.1) is 5.92 Å². The maximum Gasteiger partial charge on any atom is 0.170 e. The highest BCUT2D eigenvalue weighted by atomic mass is 32.1. The van der Waals surface area contributed by atoms with Gasteiger partial charge in [-0.05, 0) is 54.4 Å². The highest BCUT2D eigenvalue weighted by Crippen LogP contribution is 2.29. The summed E-state index contributed by atoms with van der Waals surface area (Å²) in [5.41, 5.74) is 3.10. The number of hydrogen-bond acceptors (Lipinski definition) is 3. The lowest BCUT2D eigenvalue weighted by Crippen LogP contribution is -2.33. The molecule has 27 heavy (non-hydrogen) atoms. The third-order valence-corrected chi connectivity index (χ3v) is 4.94. The average Bonchev–Trinajstić information content (AvgIpc) is 2.72. The fourth-order valence-corrected chi connectivity index (χ4v) is 3.33. The van der Waals surface area contributed by atoms with Crippen LogP contribution in [0.3, 0.4) is 0 Å². The van der Waals surface area contributed by atoms with Crippen molar-refractivity contribution in [3.8, 4) is 5.75 Å². The summed E-state index contributed by atoms with van der Waals surface area (Å²) in [6, 6.07) is 18.4. The molecule has 3 aromatic rings. The Balaban J connectivity index is 1.63. The van der Waals surface area contributed by atoms with Crippen molar-refractivity contribution >= 4 is 33.9 Å². The molecule has 1 heterocycles. The first-order valence-electron chi connectivity index (χ1n) is 9.21. The molecule has 2 aromatic carbocycles. The van der Waals surface area contributed by atoms with Gasteiger partial charge < -0.3 is 15.4 Å². The second kappa shape index (κ2) is 9.33. The van der Waals surface area contributed by atoms with E-state index in [1.807, 2.05) is 24.3 Å². The van der Waals surface area contributed by atoms with Crippen LogP contribution in [0.4, 0.5) is 5.69 Å². The zero-order chi connectivity index (χ0) is 19.1. The molecule has 0 aliphatic carbocycles. The van der Waals surface area contributed by atoms with E-state index in [0.29, 0.717) is 11.0 Å². The first-order chi connectivity index (χ1) is 13.2. The molecule has 2 N–H and O–H groups in total. The first kappa shape index (κ1) is 19.1. The molecule has 0 saturated carbocycles. The standard InChI is InChI=1S/C22H25N3OS/c1-3-16(14-17-8-5-4-6-9-17)15-24-22(27)25-19-11-12-20(26-2)21-18(19)10-7-13-23-21/h4-13,16H,3,14-15H2,1-2H3,(H2,24,25,27). The SMILES string of the molecule is CCC(CNC(=S)Nc1ccc(OC)c2ncccc12)Cc1ccccc1. The quantitative estimate of drug-likeness (QED) is 0.578. The summed E-state index contributed by atoms with van der Waals surface area (Å²) >= 11 is 5.52. The molecule has 1 unspecified atom stereocenters. The number of nitrogens with one attached hydrogen (secondary N) is 2. The zero-order valence-corrected chi connectivity index (χ0v) is 16.6. The highest BCUT2D eigenvalue weighted by molar-refractivity contribution is 7.80. The summed E-state index contributed by atoms with van der Waals surface area (Å²) in [6.45, 7) is 3.05. The van der Waals surface area contributed by atoms with E-state index in [1.165, 1.54) is 5.56 Å². The van der Waals surface area contributed by atoms with Crippen molar-refractivity contribution in [1.82, 2.24) is 10.3 Å². The van der Waals surface area contributed by atoms with E-state index >= 15 is 0 Å². The fraction of sp³-hybridized carbons (Fsp3) is 0.273. The van der Waals surface area contributed by atoms with Gasteiger partial charge in [0.2, 0.25) is 0 Å². The molecule has 4 nitrogen and oxygen atoms in total. The van der Waals surface area contributed by atoms with Crippen LogP contribution in [0.5, 0.6) is 5.75 Å². The molecule has 0 aliphatic rings. The maximum absolute atomic E-state index is 5.52. The fourth-order valence-electron chi connectivity index (χ4n) is 3.13. The smallest absolute Gasteiger partial charge is 0.170 e. The lowest BCUT2D eigenvalue weighted by atomic mass is 9.97. The number of anilines is 1. The van der Waals surface area contributed by atoms with Gasteiger partial charge in [-0.1, -0.05) is 43.7 Å². The Morgan fingerprint density at radius 1 is 1.11 bits per heavy atom. The molecule has 0 amide bonds. The number of ether oxygens (including phenoxy) is 1. The Morgan fingerprint density at radius 3 is 2.67 bits per heavy atom. The molecule has 0 saturated heterocycles. The van der Waals surface area contributed by atoms with Crippen LogP contribution in [0.25, 0.3) is 10.9 Å². The summed E-state index contributed by atoms with van der Waals surface area (Å²) in [5.74, 6) is 1.28. The van der Waals surface area contributed by atoms with Crippen molar-refractivity contribution in [1.29, 1.82) is 0 Å². The predicted octanol–water partition coefficient (Wildman–Crippen LogP) is 4.80. The number of fused-ring (bicyclic) bond motifs is 1. The van der Waals surface area contributed by atoms with Crippen LogP contribution >= 0.6 is 12.2 Å². The topological polar surface area (TPSA) is 46.2 Å². The molecular weight excluding hydrogens is 354 g/mol. The maximum atomic E-state index is 5.52. The van der Waals surface area contributed by atoms with Crippen LogP contribution in [0.1, 0.15) is 18.9 Å². The van der Waals surface area contributed by atoms with E-state index in [4.69, 9.17) is 17.0 Å². The minimum absolute atomic E-state index is 0.529. The van der Waals surface area contributed by atoms with E-state index in [1.54, 1.807) is 13.3 Å². The number of methoxy groups -OCH3 is 1. The van der Waals surface area contributed by atoms with Crippen LogP contribution in [-0.2, 0) is 6.42 Å². The molecule has 140 valence electrons. The van der Waals surface area contributed by atoms with Gasteiger partial charge in [0.05, 0.1) is 7.11 Å². The molecule has 1 aromatic heterocycles. The number of thiocarbonyl (C=S) groups is 1. The highest BCUT2D eigenvalue weighted by Gasteiger charge is 2.11. The molecule has 0 aliphatic heterocycles. The van der Waals surface area contributed by atoms with Crippen LogP contribution in [0.2, 0.25) is 0 Å². The van der Waals surface area contributed by atoms with E-state index < -0.39 is 0 Å². The molecule has 1 atom stereocenters. The van der Waals surface area contributed by atoms with Gasteiger partial charge in [0.1, 0.15) is 11.3 Å². The average molecular weight is 380 g/mol. The van der Waals surface area contributed by atoms with Crippen molar-refractivity contribution in [3.05, 3.63) is 66.4 Å². The van der Waals surface area contributed by atoms with Crippen LogP contribution in [0.15, 0.2) is 60.8 Å². The largest absolute Gasteiger partial charge is 0.494 e. The van der Waals surface area contributed by atoms with Crippen LogP contribution < -0.4 is 15.4 Å². The van der Waals surface area contributed by atoms with Gasteiger partial charge in [-0.15, -0.1) is 0 Å². The number of aromatic nitrogens is 1. The summed E-state index contributed by atoms with van der Waals surface area (Å²) in [7, 11) is 1.65. The molecule has 0 radical (unpaired) electrons. The minimum atomic E-state index is 0.529. The minimum Gasteiger partial charge on any atom is -0.494 e. The van der Waals surface area contributed by atoms with E-state index in [9.17, 15) is 0 Å². The van der Waals surface area contributed by atoms with Crippen molar-refractivity contribution in [2.24, 2.45) is 5.92 Å². The monoisotopic (exact) mass is 379 g/mol. The Hall–Kier alpha value is -2.66. The molecule has 0 bridgehead atoms. The van der Waals surface area contributed by atoms with Crippen molar-refractivity contribution in [2.75, 3.05) is 19.0 Å². The van der Waals surface area contributed by atoms with E-state index in [-0.39, 0.29) is 0 Å². The summed E-state index contributed by atoms with van der Waals surface area (Å²) in [6.07, 6.45) is 3.91. The Kier molecular flexibility index (Phi) is 6.60. The van der Waals surface area contributed by atoms with E-state index in [2.05, 4.69) is 52.9 Å². The Bertz CT molecular complexity index is 898. The summed E-state index contributed by atoms with van der Waals surface area (Å²) < 4.78 is 5.40. The van der Waals surface area contributed by atoms with Gasteiger partial charge in [-0.3, -0.25) is 4.98 Å². The summed E-state index contributed by atoms with van der Waals surface area (Å²) in [5, 5.41) is 8.27. The van der Waals surface area contributed by atoms with Gasteiger partial charge in [0.15, 0.2) is 5.11 Å². The van der Waals surface area contributed by atoms with Gasteiger partial charge in [0.25, 0.3) is 0 Å². The lowest BCUT2D eigenvalue weighted by Gasteiger charge is -2.18. The van der Waals surface area contributed by atoms with Gasteiger partial charge in [-0.2, -0.15) is 0 Å². The second-order valence-corrected chi connectivity index (χ2v) is 6.92. The molecular formula is C22H25N3OS. The molecule has 0 spiro atoms. The van der Waals surface area contributed by atoms with Crippen molar-refractivity contribution < 1.29 is 4.74 Å². The normalized spacial score (nSPS) is 11.8. The second-order valence-electron chi connectivity index (χ2n) is 6.51. The number of rotatable bonds is 7. The molecule has 5 heteroatoms. The van der Waals surface area contributed by atoms with Gasteiger partial charge in [-0.25, -0.2) is 0 Å². The van der Waals surface area contributed by atoms with Gasteiger partial charge >= 0.3 is 0 Å². The van der Waals surface area contributed by atoms with Crippen molar-refractivity contribution in [3.63, 3.8) is 0 Å². The number of nitrogens with zero attached hydrogens (tertiary/aromatic N) is 1. The van der Waals surface area contributed by atoms with Gasteiger partial charge in [0, 0.05) is 23.8 Å². The zero-order valence-electron chi connectivity index (χ0n) is 15.7. The van der Waals surface area contributed by atoms with E-state index in [0.717, 1.165) is 41.7 Å². The Morgan fingerprint density at radius 2 is 1.93 bits per heavy atom. The Labute approximate surface area is 166 Å². The number of pyridine rings is 1. The molecule has 3 rings (SSSR count). The van der Waals surface area contributed by atoms with Crippen molar-refractivity contribution in [2.45, 2.75) is 19.8 Å². The third kappa shape index (κ3) is 4.95. The third-order valence-electron chi connectivity index (χ3n) is 4.70. The number of hydrogen-bond donors (Lipinski definition) is 2.